The largest absolute Gasteiger partial charge is 0.490 e. The maximum Gasteiger partial charge on any atom is 0.153 e. The van der Waals surface area contributed by atoms with Gasteiger partial charge in [-0.05, 0) is 18.2 Å². The van der Waals surface area contributed by atoms with E-state index in [1.165, 1.54) is 0 Å². The zero-order valence-corrected chi connectivity index (χ0v) is 12.6. The van der Waals surface area contributed by atoms with E-state index in [4.69, 9.17) is 31.6 Å². The molecule has 2 N–H and O–H groups in total. The summed E-state index contributed by atoms with van der Waals surface area (Å²) in [5, 5.41) is 4.51. The third kappa shape index (κ3) is 6.20. The van der Waals surface area contributed by atoms with E-state index in [0.29, 0.717) is 36.4 Å². The summed E-state index contributed by atoms with van der Waals surface area (Å²) in [5.41, 5.74) is 5.80. The van der Waals surface area contributed by atoms with Crippen molar-refractivity contribution in [3.63, 3.8) is 0 Å². The predicted molar refractivity (Wildman–Crippen MR) is 81.8 cm³/mol. The molecule has 0 aliphatic carbocycles. The van der Waals surface area contributed by atoms with Crippen LogP contribution in [-0.2, 0) is 9.57 Å². The lowest BCUT2D eigenvalue weighted by molar-refractivity contribution is 0.0442. The molecule has 0 amide bonds. The van der Waals surface area contributed by atoms with Crippen LogP contribution in [0.3, 0.4) is 0 Å². The molecule has 0 radical (unpaired) electrons. The molecule has 1 aliphatic rings. The highest BCUT2D eigenvalue weighted by Gasteiger charge is 2.11. The van der Waals surface area contributed by atoms with E-state index in [0.717, 1.165) is 26.3 Å². The number of hydrogen-bond donors (Lipinski definition) is 1. The van der Waals surface area contributed by atoms with Crippen LogP contribution in [0.5, 0.6) is 5.75 Å². The van der Waals surface area contributed by atoms with Gasteiger partial charge in [-0.3, -0.25) is 4.90 Å². The monoisotopic (exact) mass is 313 g/mol. The standard InChI is InChI=1S/C14H20ClN3O3/c15-12-2-1-3-13(10-12)20-8-9-21-17-14(16)11-18-4-6-19-7-5-18/h1-3,10H,4-9,11H2,(H2,16,17). The first kappa shape index (κ1) is 15.9. The van der Waals surface area contributed by atoms with Crippen molar-refractivity contribution in [2.75, 3.05) is 46.1 Å². The molecule has 1 fully saturated rings. The summed E-state index contributed by atoms with van der Waals surface area (Å²) in [6.45, 7) is 4.52. The van der Waals surface area contributed by atoms with Crippen molar-refractivity contribution in [1.29, 1.82) is 0 Å². The normalized spacial score (nSPS) is 16.7. The predicted octanol–water partition coefficient (Wildman–Crippen LogP) is 1.34. The van der Waals surface area contributed by atoms with Crippen molar-refractivity contribution < 1.29 is 14.3 Å². The van der Waals surface area contributed by atoms with Gasteiger partial charge in [-0.25, -0.2) is 0 Å². The van der Waals surface area contributed by atoms with Gasteiger partial charge in [-0.2, -0.15) is 0 Å². The average Bonchev–Trinajstić information content (AvgIpc) is 2.48. The van der Waals surface area contributed by atoms with Crippen LogP contribution in [0, 0.1) is 0 Å². The summed E-state index contributed by atoms with van der Waals surface area (Å²) in [7, 11) is 0. The Morgan fingerprint density at radius 3 is 2.90 bits per heavy atom. The molecule has 1 aromatic carbocycles. The second-order valence-corrected chi connectivity index (χ2v) is 5.05. The Bertz CT molecular complexity index is 465. The van der Waals surface area contributed by atoms with Crippen LogP contribution in [0.4, 0.5) is 0 Å². The molecule has 0 saturated carbocycles. The summed E-state index contributed by atoms with van der Waals surface area (Å²) in [4.78, 5) is 7.31. The molecule has 116 valence electrons. The van der Waals surface area contributed by atoms with Gasteiger partial charge in [0.1, 0.15) is 12.4 Å². The van der Waals surface area contributed by atoms with E-state index in [1.807, 2.05) is 12.1 Å². The minimum atomic E-state index is 0.330. The van der Waals surface area contributed by atoms with Gasteiger partial charge < -0.3 is 20.0 Å². The molecule has 0 aromatic heterocycles. The first-order valence-corrected chi connectivity index (χ1v) is 7.24. The van der Waals surface area contributed by atoms with Gasteiger partial charge in [0.25, 0.3) is 0 Å². The highest BCUT2D eigenvalue weighted by atomic mass is 35.5. The number of ether oxygens (including phenoxy) is 2. The highest BCUT2D eigenvalue weighted by molar-refractivity contribution is 6.30. The summed E-state index contributed by atoms with van der Waals surface area (Å²) >= 11 is 5.86. The number of halogens is 1. The molecule has 0 atom stereocenters. The molecular formula is C14H20ClN3O3. The molecule has 2 rings (SSSR count). The van der Waals surface area contributed by atoms with Gasteiger partial charge in [-0.15, -0.1) is 0 Å². The lowest BCUT2D eigenvalue weighted by Crippen LogP contribution is -2.41. The number of nitrogens with zero attached hydrogens (tertiary/aromatic N) is 2. The molecule has 6 nitrogen and oxygen atoms in total. The third-order valence-corrected chi connectivity index (χ3v) is 3.15. The Hall–Kier alpha value is -1.50. The maximum absolute atomic E-state index is 5.86. The van der Waals surface area contributed by atoms with E-state index in [-0.39, 0.29) is 0 Å². The Balaban J connectivity index is 1.60. The van der Waals surface area contributed by atoms with Crippen LogP contribution in [0.1, 0.15) is 0 Å². The topological polar surface area (TPSA) is 69.3 Å². The molecule has 0 bridgehead atoms. The van der Waals surface area contributed by atoms with Crippen molar-refractivity contribution in [2.24, 2.45) is 10.9 Å². The third-order valence-electron chi connectivity index (χ3n) is 2.91. The number of nitrogens with two attached hydrogens (primary N) is 1. The average molecular weight is 314 g/mol. The van der Waals surface area contributed by atoms with Crippen LogP contribution in [0.15, 0.2) is 29.4 Å². The quantitative estimate of drug-likeness (QED) is 0.356. The highest BCUT2D eigenvalue weighted by Crippen LogP contribution is 2.16. The molecule has 7 heteroatoms. The first-order valence-electron chi connectivity index (χ1n) is 6.87. The number of benzene rings is 1. The van der Waals surface area contributed by atoms with Crippen molar-refractivity contribution in [1.82, 2.24) is 4.90 Å². The zero-order chi connectivity index (χ0) is 14.9. The molecule has 1 heterocycles. The van der Waals surface area contributed by atoms with Gasteiger partial charge in [0, 0.05) is 18.1 Å². The van der Waals surface area contributed by atoms with Gasteiger partial charge in [-0.1, -0.05) is 22.8 Å². The number of amidine groups is 1. The summed E-state index contributed by atoms with van der Waals surface area (Å²) < 4.78 is 10.7. The van der Waals surface area contributed by atoms with E-state index in [9.17, 15) is 0 Å². The van der Waals surface area contributed by atoms with Crippen molar-refractivity contribution in [3.8, 4) is 5.75 Å². The van der Waals surface area contributed by atoms with E-state index < -0.39 is 0 Å². The lowest BCUT2D eigenvalue weighted by Gasteiger charge is -2.25. The SMILES string of the molecule is N/C(CN1CCOCC1)=N\OCCOc1cccc(Cl)c1. The van der Waals surface area contributed by atoms with Crippen LogP contribution in [-0.4, -0.2) is 56.8 Å². The summed E-state index contributed by atoms with van der Waals surface area (Å²) in [5.74, 6) is 1.16. The van der Waals surface area contributed by atoms with E-state index in [1.54, 1.807) is 12.1 Å². The second kappa shape index (κ2) is 8.71. The molecule has 1 aromatic rings. The van der Waals surface area contributed by atoms with Gasteiger partial charge in [0.05, 0.1) is 19.8 Å². The number of rotatable bonds is 7. The maximum atomic E-state index is 5.86. The fraction of sp³-hybridized carbons (Fsp3) is 0.500. The van der Waals surface area contributed by atoms with Gasteiger partial charge >= 0.3 is 0 Å². The number of oxime groups is 1. The van der Waals surface area contributed by atoms with Crippen LogP contribution < -0.4 is 10.5 Å². The molecule has 1 aliphatic heterocycles. The Labute approximate surface area is 129 Å². The van der Waals surface area contributed by atoms with Crippen LogP contribution in [0.25, 0.3) is 0 Å². The fourth-order valence-electron chi connectivity index (χ4n) is 1.90. The van der Waals surface area contributed by atoms with Crippen LogP contribution in [0.2, 0.25) is 5.02 Å². The summed E-state index contributed by atoms with van der Waals surface area (Å²) in [6, 6.07) is 7.21. The molecule has 21 heavy (non-hydrogen) atoms. The van der Waals surface area contributed by atoms with Gasteiger partial charge in [0.2, 0.25) is 0 Å². The smallest absolute Gasteiger partial charge is 0.153 e. The molecule has 0 unspecified atom stereocenters. The van der Waals surface area contributed by atoms with E-state index in [2.05, 4.69) is 10.1 Å². The van der Waals surface area contributed by atoms with Crippen molar-refractivity contribution in [3.05, 3.63) is 29.3 Å². The molecular weight excluding hydrogens is 294 g/mol. The van der Waals surface area contributed by atoms with E-state index >= 15 is 0 Å². The first-order chi connectivity index (χ1) is 10.2. The lowest BCUT2D eigenvalue weighted by atomic mass is 10.3. The number of hydrogen-bond acceptors (Lipinski definition) is 5. The Morgan fingerprint density at radius 1 is 1.33 bits per heavy atom. The number of morpholine rings is 1. The molecule has 1 saturated heterocycles. The zero-order valence-electron chi connectivity index (χ0n) is 11.8. The van der Waals surface area contributed by atoms with Crippen molar-refractivity contribution in [2.45, 2.75) is 0 Å². The van der Waals surface area contributed by atoms with Crippen LogP contribution >= 0.6 is 11.6 Å². The minimum absolute atomic E-state index is 0.330. The summed E-state index contributed by atoms with van der Waals surface area (Å²) in [6.07, 6.45) is 0. The molecule has 0 spiro atoms. The second-order valence-electron chi connectivity index (χ2n) is 4.61. The Kier molecular flexibility index (Phi) is 6.59. The Morgan fingerprint density at radius 2 is 2.14 bits per heavy atom. The van der Waals surface area contributed by atoms with Gasteiger partial charge in [0.15, 0.2) is 12.4 Å². The minimum Gasteiger partial charge on any atom is -0.490 e. The fourth-order valence-corrected chi connectivity index (χ4v) is 2.08. The van der Waals surface area contributed by atoms with Crippen molar-refractivity contribution >= 4 is 17.4 Å².